The maximum Gasteiger partial charge on any atom is 0.0912 e. The highest BCUT2D eigenvalue weighted by atomic mass is 15.2. The maximum atomic E-state index is 4.38. The van der Waals surface area contributed by atoms with Gasteiger partial charge in [-0.25, -0.2) is 0 Å². The van der Waals surface area contributed by atoms with Crippen LogP contribution in [0.2, 0.25) is 0 Å². The summed E-state index contributed by atoms with van der Waals surface area (Å²) in [6, 6.07) is 12.7. The Kier molecular flexibility index (Phi) is 6.62. The van der Waals surface area contributed by atoms with Gasteiger partial charge in [0.2, 0.25) is 0 Å². The lowest BCUT2D eigenvalue weighted by Crippen LogP contribution is -2.24. The van der Waals surface area contributed by atoms with Gasteiger partial charge in [0.15, 0.2) is 0 Å². The van der Waals surface area contributed by atoms with Gasteiger partial charge in [-0.1, -0.05) is 36.6 Å². The minimum atomic E-state index is 0.669. The molecule has 6 heteroatoms. The standard InChI is InChI=1S/C36H26N6/c1-2-3-5-26(6-4-19-41-31-11-15-37-22-28(20-31)33-24-39-17-13-35(33)41)27-7-9-30(10-8-27)42-32-12-16-38-23-29(21-32)34-25-40-18-14-36(34)42/h3-4,6-18,22-25H,2,19H2,1H3/b6-4-. The molecule has 4 aliphatic rings. The van der Waals surface area contributed by atoms with E-state index in [0.29, 0.717) is 6.54 Å². The van der Waals surface area contributed by atoms with Crippen molar-refractivity contribution in [2.24, 2.45) is 9.98 Å². The molecule has 0 aliphatic carbocycles. The number of hydrogen-bond donors (Lipinski definition) is 0. The molecule has 0 spiro atoms. The summed E-state index contributed by atoms with van der Waals surface area (Å²) in [5.74, 6) is 0. The first-order valence-corrected chi connectivity index (χ1v) is 13.9. The summed E-state index contributed by atoms with van der Waals surface area (Å²) in [6.45, 7) is 2.79. The molecule has 2 aromatic heterocycles. The van der Waals surface area contributed by atoms with Crippen molar-refractivity contribution in [2.45, 2.75) is 13.3 Å². The number of aromatic nitrogens is 2. The van der Waals surface area contributed by atoms with E-state index in [1.165, 1.54) is 0 Å². The second-order valence-electron chi connectivity index (χ2n) is 9.89. The van der Waals surface area contributed by atoms with Crippen LogP contribution in [0.5, 0.6) is 0 Å². The first kappa shape index (κ1) is 25.2. The number of allylic oxidation sites excluding steroid dienone is 4. The fraction of sp³-hybridized carbons (Fsp3) is 0.0833. The number of hydrogen-bond acceptors (Lipinski definition) is 6. The largest absolute Gasteiger partial charge is 0.330 e. The molecule has 0 N–H and O–H groups in total. The number of rotatable bonds is 6. The molecule has 200 valence electrons. The van der Waals surface area contributed by atoms with Crippen molar-refractivity contribution in [2.75, 3.05) is 16.3 Å². The number of pyridine rings is 2. The highest BCUT2D eigenvalue weighted by molar-refractivity contribution is 6.14. The SMILES string of the molecule is CCC=C=C(/C=C\CN1C2=C=C(C=NC=C2)c2cnccc21)c1ccc(N2C3=C=C(C=NC=C3)c3cnccc32)cc1. The van der Waals surface area contributed by atoms with E-state index in [0.717, 1.165) is 68.3 Å². The summed E-state index contributed by atoms with van der Waals surface area (Å²) in [5.41, 5.74) is 21.6. The van der Waals surface area contributed by atoms with Crippen LogP contribution >= 0.6 is 0 Å². The van der Waals surface area contributed by atoms with E-state index in [-0.39, 0.29) is 0 Å². The number of nitrogens with zero attached hydrogens (tertiary/aromatic N) is 6. The van der Waals surface area contributed by atoms with Crippen LogP contribution < -0.4 is 9.80 Å². The van der Waals surface area contributed by atoms with Gasteiger partial charge in [0.05, 0.1) is 22.8 Å². The molecule has 4 aliphatic heterocycles. The molecule has 1 aromatic carbocycles. The lowest BCUT2D eigenvalue weighted by Gasteiger charge is -2.29. The average molecular weight is 543 g/mol. The minimum Gasteiger partial charge on any atom is -0.330 e. The fourth-order valence-electron chi connectivity index (χ4n) is 5.31. The zero-order valence-corrected chi connectivity index (χ0v) is 23.1. The molecule has 42 heavy (non-hydrogen) atoms. The lowest BCUT2D eigenvalue weighted by atomic mass is 10.0. The Bertz CT molecular complexity index is 1950. The van der Waals surface area contributed by atoms with Crippen molar-refractivity contribution in [3.05, 3.63) is 149 Å². The molecule has 0 saturated heterocycles. The molecule has 0 amide bonds. The molecule has 3 aromatic rings. The highest BCUT2D eigenvalue weighted by Crippen LogP contribution is 2.39. The van der Waals surface area contributed by atoms with Crippen molar-refractivity contribution in [1.82, 2.24) is 9.97 Å². The molecule has 0 radical (unpaired) electrons. The van der Waals surface area contributed by atoms with Crippen LogP contribution in [0, 0.1) is 0 Å². The summed E-state index contributed by atoms with van der Waals surface area (Å²) >= 11 is 0. The molecule has 6 heterocycles. The summed E-state index contributed by atoms with van der Waals surface area (Å²) in [6.07, 6.45) is 25.9. The van der Waals surface area contributed by atoms with E-state index in [1.54, 1.807) is 6.20 Å². The van der Waals surface area contributed by atoms with E-state index in [2.05, 4.69) is 96.4 Å². The first-order valence-electron chi connectivity index (χ1n) is 13.9. The molecule has 4 bridgehead atoms. The normalized spacial score (nSPS) is 15.5. The number of aliphatic imine (C=N–C) groups is 2. The third-order valence-electron chi connectivity index (χ3n) is 7.28. The molecule has 0 atom stereocenters. The Morgan fingerprint density at radius 3 is 2.24 bits per heavy atom. The second kappa shape index (κ2) is 11.0. The van der Waals surface area contributed by atoms with Crippen LogP contribution in [0.15, 0.2) is 143 Å². The van der Waals surface area contributed by atoms with Gasteiger partial charge in [0.25, 0.3) is 0 Å². The maximum absolute atomic E-state index is 4.38. The van der Waals surface area contributed by atoms with E-state index in [1.807, 2.05) is 67.7 Å². The summed E-state index contributed by atoms with van der Waals surface area (Å²) in [5, 5.41) is 0. The number of benzene rings is 1. The number of fused-ring (bicyclic) bond motifs is 4. The topological polar surface area (TPSA) is 57.0 Å². The van der Waals surface area contributed by atoms with Crippen molar-refractivity contribution in [1.29, 1.82) is 0 Å². The smallest absolute Gasteiger partial charge is 0.0912 e. The Labute approximate surface area is 244 Å². The zero-order chi connectivity index (χ0) is 28.3. The molecule has 7 rings (SSSR count). The van der Waals surface area contributed by atoms with Gasteiger partial charge in [-0.2, -0.15) is 0 Å². The first-order chi connectivity index (χ1) is 20.8. The van der Waals surface area contributed by atoms with Crippen LogP contribution in [0.1, 0.15) is 30.0 Å². The van der Waals surface area contributed by atoms with E-state index < -0.39 is 0 Å². The molecule has 0 unspecified atom stereocenters. The monoisotopic (exact) mass is 542 g/mol. The van der Waals surface area contributed by atoms with Crippen LogP contribution in [-0.4, -0.2) is 28.9 Å². The average Bonchev–Trinajstić information content (AvgIpc) is 3.39. The van der Waals surface area contributed by atoms with Crippen LogP contribution in [0.4, 0.5) is 17.1 Å². The van der Waals surface area contributed by atoms with Gasteiger partial charge in [-0.3, -0.25) is 20.0 Å². The molecule has 0 fully saturated rings. The third kappa shape index (κ3) is 4.65. The van der Waals surface area contributed by atoms with E-state index in [4.69, 9.17) is 0 Å². The lowest BCUT2D eigenvalue weighted by molar-refractivity contribution is 1.03. The Balaban J connectivity index is 1.18. The van der Waals surface area contributed by atoms with Crippen LogP contribution in [0.3, 0.4) is 0 Å². The fourth-order valence-corrected chi connectivity index (χ4v) is 5.31. The van der Waals surface area contributed by atoms with Crippen molar-refractivity contribution in [3.8, 4) is 0 Å². The van der Waals surface area contributed by atoms with Crippen LogP contribution in [0.25, 0.3) is 16.7 Å². The van der Waals surface area contributed by atoms with E-state index in [9.17, 15) is 0 Å². The Hall–Kier alpha value is -5.76. The van der Waals surface area contributed by atoms with Gasteiger partial charge in [-0.05, 0) is 60.6 Å². The van der Waals surface area contributed by atoms with Gasteiger partial charge in [0, 0.05) is 89.7 Å². The predicted molar refractivity (Wildman–Crippen MR) is 171 cm³/mol. The molecular formula is C36H26N6. The summed E-state index contributed by atoms with van der Waals surface area (Å²) in [7, 11) is 0. The van der Waals surface area contributed by atoms with Gasteiger partial charge >= 0.3 is 0 Å². The van der Waals surface area contributed by atoms with Crippen LogP contribution in [-0.2, 0) is 0 Å². The van der Waals surface area contributed by atoms with E-state index >= 15 is 0 Å². The third-order valence-corrected chi connectivity index (χ3v) is 7.28. The van der Waals surface area contributed by atoms with Gasteiger partial charge < -0.3 is 9.80 Å². The summed E-state index contributed by atoms with van der Waals surface area (Å²) < 4.78 is 0. The van der Waals surface area contributed by atoms with Crippen molar-refractivity contribution in [3.63, 3.8) is 0 Å². The van der Waals surface area contributed by atoms with Gasteiger partial charge in [-0.15, -0.1) is 5.73 Å². The highest BCUT2D eigenvalue weighted by Gasteiger charge is 2.23. The molecule has 6 nitrogen and oxygen atoms in total. The zero-order valence-electron chi connectivity index (χ0n) is 23.1. The van der Waals surface area contributed by atoms with Gasteiger partial charge in [0.1, 0.15) is 0 Å². The Morgan fingerprint density at radius 1 is 0.833 bits per heavy atom. The Morgan fingerprint density at radius 2 is 1.50 bits per heavy atom. The minimum absolute atomic E-state index is 0.669. The van der Waals surface area contributed by atoms with Crippen molar-refractivity contribution < 1.29 is 0 Å². The second-order valence-corrected chi connectivity index (χ2v) is 9.89. The quantitative estimate of drug-likeness (QED) is 0.238. The number of anilines is 3. The van der Waals surface area contributed by atoms with Crippen molar-refractivity contribution >= 4 is 46.2 Å². The molecule has 0 saturated carbocycles. The molecular weight excluding hydrogens is 516 g/mol. The predicted octanol–water partition coefficient (Wildman–Crippen LogP) is 7.58. The summed E-state index contributed by atoms with van der Waals surface area (Å²) in [4.78, 5) is 21.8.